The number of rotatable bonds is 0. The third-order valence-corrected chi connectivity index (χ3v) is 2.79. The highest BCUT2D eigenvalue weighted by Gasteiger charge is 2.35. The first kappa shape index (κ1) is 7.68. The Morgan fingerprint density at radius 2 is 2.07 bits per heavy atom. The number of nitrogens with two attached hydrogens (primary N) is 1. The summed E-state index contributed by atoms with van der Waals surface area (Å²) in [6, 6.07) is 8.09. The number of fused-ring (bicyclic) bond motifs is 3. The van der Waals surface area contributed by atoms with Crippen molar-refractivity contribution >= 4 is 0 Å². The fourth-order valence-electron chi connectivity index (χ4n) is 2.14. The minimum Gasteiger partial charge on any atom is -0.485 e. The summed E-state index contributed by atoms with van der Waals surface area (Å²) >= 11 is 0. The van der Waals surface area contributed by atoms with E-state index in [4.69, 9.17) is 10.5 Å². The summed E-state index contributed by atoms with van der Waals surface area (Å²) in [5.41, 5.74) is 8.06. The summed E-state index contributed by atoms with van der Waals surface area (Å²) in [5, 5.41) is 0. The maximum Gasteiger partial charge on any atom is 0.130 e. The molecular formula is C12H11NO. The van der Waals surface area contributed by atoms with Crippen molar-refractivity contribution in [3.05, 3.63) is 53.8 Å². The van der Waals surface area contributed by atoms with Crippen LogP contribution in [0, 0.1) is 0 Å². The minimum absolute atomic E-state index is 0.0948. The highest BCUT2D eigenvalue weighted by Crippen LogP contribution is 2.42. The van der Waals surface area contributed by atoms with Gasteiger partial charge in [0.1, 0.15) is 11.9 Å². The van der Waals surface area contributed by atoms with Crippen LogP contribution in [0.25, 0.3) is 0 Å². The molecule has 2 unspecified atom stereocenters. The van der Waals surface area contributed by atoms with Crippen molar-refractivity contribution in [2.75, 3.05) is 0 Å². The van der Waals surface area contributed by atoms with E-state index in [1.807, 2.05) is 30.4 Å². The first-order valence-corrected chi connectivity index (χ1v) is 4.76. The molecule has 0 saturated heterocycles. The predicted molar refractivity (Wildman–Crippen MR) is 55.0 cm³/mol. The Kier molecular flexibility index (Phi) is 1.45. The van der Waals surface area contributed by atoms with Crippen LogP contribution in [0.5, 0.6) is 5.75 Å². The Morgan fingerprint density at radius 3 is 3.00 bits per heavy atom. The SMILES string of the molecule is NC1=CC=CC2Oc3ccccc3C12. The van der Waals surface area contributed by atoms with Crippen molar-refractivity contribution in [1.29, 1.82) is 0 Å². The molecule has 1 aromatic carbocycles. The predicted octanol–water partition coefficient (Wildman–Crippen LogP) is 1.94. The molecule has 1 aromatic rings. The van der Waals surface area contributed by atoms with Crippen LogP contribution in [-0.2, 0) is 0 Å². The van der Waals surface area contributed by atoms with Gasteiger partial charge in [0.15, 0.2) is 0 Å². The second-order valence-corrected chi connectivity index (χ2v) is 3.65. The number of benzene rings is 1. The summed E-state index contributed by atoms with van der Waals surface area (Å²) in [7, 11) is 0. The van der Waals surface area contributed by atoms with Crippen LogP contribution in [0.1, 0.15) is 11.5 Å². The average Bonchev–Trinajstić information content (AvgIpc) is 2.57. The summed E-state index contributed by atoms with van der Waals surface area (Å²) in [6.07, 6.45) is 6.06. The van der Waals surface area contributed by atoms with E-state index in [1.54, 1.807) is 0 Å². The molecule has 1 aliphatic heterocycles. The van der Waals surface area contributed by atoms with Crippen molar-refractivity contribution in [3.63, 3.8) is 0 Å². The number of ether oxygens (including phenoxy) is 1. The smallest absolute Gasteiger partial charge is 0.130 e. The van der Waals surface area contributed by atoms with Gasteiger partial charge in [0, 0.05) is 11.3 Å². The summed E-state index contributed by atoms with van der Waals surface area (Å²) in [6.45, 7) is 0. The largest absolute Gasteiger partial charge is 0.485 e. The van der Waals surface area contributed by atoms with Crippen molar-refractivity contribution in [2.24, 2.45) is 5.73 Å². The van der Waals surface area contributed by atoms with Gasteiger partial charge in [-0.3, -0.25) is 0 Å². The zero-order valence-electron chi connectivity index (χ0n) is 7.68. The van der Waals surface area contributed by atoms with Gasteiger partial charge >= 0.3 is 0 Å². The van der Waals surface area contributed by atoms with Gasteiger partial charge < -0.3 is 10.5 Å². The Bertz CT molecular complexity index is 434. The van der Waals surface area contributed by atoms with Crippen LogP contribution in [0.15, 0.2) is 48.2 Å². The first-order valence-electron chi connectivity index (χ1n) is 4.76. The van der Waals surface area contributed by atoms with Gasteiger partial charge in [0.25, 0.3) is 0 Å². The lowest BCUT2D eigenvalue weighted by molar-refractivity contribution is 0.264. The molecule has 3 rings (SSSR count). The molecule has 2 heteroatoms. The molecule has 0 spiro atoms. The van der Waals surface area contributed by atoms with Crippen molar-refractivity contribution < 1.29 is 4.74 Å². The van der Waals surface area contributed by atoms with Gasteiger partial charge in [-0.15, -0.1) is 0 Å². The van der Waals surface area contributed by atoms with Gasteiger partial charge in [-0.05, 0) is 18.2 Å². The van der Waals surface area contributed by atoms with E-state index in [-0.39, 0.29) is 12.0 Å². The average molecular weight is 185 g/mol. The quantitative estimate of drug-likeness (QED) is 0.670. The molecule has 2 aliphatic rings. The third kappa shape index (κ3) is 0.909. The normalized spacial score (nSPS) is 27.6. The fraction of sp³-hybridized carbons (Fsp3) is 0.167. The summed E-state index contributed by atoms with van der Waals surface area (Å²) in [4.78, 5) is 0. The van der Waals surface area contributed by atoms with Crippen LogP contribution in [0.2, 0.25) is 0 Å². The molecule has 14 heavy (non-hydrogen) atoms. The zero-order valence-corrected chi connectivity index (χ0v) is 7.68. The molecule has 1 aliphatic carbocycles. The van der Waals surface area contributed by atoms with E-state index < -0.39 is 0 Å². The minimum atomic E-state index is 0.0948. The highest BCUT2D eigenvalue weighted by molar-refractivity contribution is 5.48. The molecule has 0 saturated carbocycles. The van der Waals surface area contributed by atoms with E-state index in [2.05, 4.69) is 12.1 Å². The highest BCUT2D eigenvalue weighted by atomic mass is 16.5. The van der Waals surface area contributed by atoms with E-state index in [1.165, 1.54) is 5.56 Å². The Hall–Kier alpha value is -1.70. The zero-order chi connectivity index (χ0) is 9.54. The van der Waals surface area contributed by atoms with E-state index in [0.29, 0.717) is 0 Å². The maximum atomic E-state index is 5.96. The number of hydrogen-bond acceptors (Lipinski definition) is 2. The molecule has 0 radical (unpaired) electrons. The molecule has 70 valence electrons. The van der Waals surface area contributed by atoms with Gasteiger partial charge in [-0.1, -0.05) is 24.3 Å². The summed E-state index contributed by atoms with van der Waals surface area (Å²) < 4.78 is 5.77. The van der Waals surface area contributed by atoms with Crippen LogP contribution >= 0.6 is 0 Å². The van der Waals surface area contributed by atoms with Crippen molar-refractivity contribution in [1.82, 2.24) is 0 Å². The van der Waals surface area contributed by atoms with Crippen LogP contribution < -0.4 is 10.5 Å². The van der Waals surface area contributed by atoms with E-state index >= 15 is 0 Å². The number of allylic oxidation sites excluding steroid dienone is 2. The van der Waals surface area contributed by atoms with Gasteiger partial charge in [0.2, 0.25) is 0 Å². The fourth-order valence-corrected chi connectivity index (χ4v) is 2.14. The summed E-state index contributed by atoms with van der Waals surface area (Å²) in [5.74, 6) is 1.18. The molecule has 0 amide bonds. The monoisotopic (exact) mass is 185 g/mol. The number of para-hydroxylation sites is 1. The lowest BCUT2D eigenvalue weighted by Crippen LogP contribution is -2.23. The molecule has 0 fully saturated rings. The van der Waals surface area contributed by atoms with Crippen molar-refractivity contribution in [3.8, 4) is 5.75 Å². The molecular weight excluding hydrogens is 174 g/mol. The van der Waals surface area contributed by atoms with Gasteiger partial charge in [-0.25, -0.2) is 0 Å². The Balaban J connectivity index is 2.14. The van der Waals surface area contributed by atoms with Gasteiger partial charge in [0.05, 0.1) is 5.92 Å². The molecule has 1 heterocycles. The van der Waals surface area contributed by atoms with Crippen LogP contribution in [-0.4, -0.2) is 6.10 Å². The van der Waals surface area contributed by atoms with E-state index in [9.17, 15) is 0 Å². The topological polar surface area (TPSA) is 35.2 Å². The third-order valence-electron chi connectivity index (χ3n) is 2.79. The molecule has 0 aromatic heterocycles. The van der Waals surface area contributed by atoms with Crippen LogP contribution in [0.3, 0.4) is 0 Å². The Morgan fingerprint density at radius 1 is 1.21 bits per heavy atom. The van der Waals surface area contributed by atoms with E-state index in [0.717, 1.165) is 11.4 Å². The maximum absolute atomic E-state index is 5.96. The molecule has 0 bridgehead atoms. The van der Waals surface area contributed by atoms with Gasteiger partial charge in [-0.2, -0.15) is 0 Å². The standard InChI is InChI=1S/C12H11NO/c13-9-5-3-7-11-12(9)8-4-1-2-6-10(8)14-11/h1-7,11-12H,13H2. The second kappa shape index (κ2) is 2.64. The molecule has 2 N–H and O–H groups in total. The lowest BCUT2D eigenvalue weighted by Gasteiger charge is -2.18. The van der Waals surface area contributed by atoms with Crippen LogP contribution in [0.4, 0.5) is 0 Å². The number of hydrogen-bond donors (Lipinski definition) is 1. The second-order valence-electron chi connectivity index (χ2n) is 3.65. The first-order chi connectivity index (χ1) is 6.86. The molecule has 2 nitrogen and oxygen atoms in total. The Labute approximate surface area is 82.7 Å². The molecule has 2 atom stereocenters. The van der Waals surface area contributed by atoms with Crippen molar-refractivity contribution in [2.45, 2.75) is 12.0 Å². The lowest BCUT2D eigenvalue weighted by atomic mass is 9.89.